The van der Waals surface area contributed by atoms with Crippen molar-refractivity contribution in [2.75, 3.05) is 27.2 Å². The molecule has 0 aliphatic heterocycles. The van der Waals surface area contributed by atoms with Gasteiger partial charge in [0, 0.05) is 46.6 Å². The molecule has 8 heteroatoms. The first-order chi connectivity index (χ1) is 13.2. The third kappa shape index (κ3) is 7.24. The number of sulfonamides is 1. The summed E-state index contributed by atoms with van der Waals surface area (Å²) in [6.07, 6.45) is 2.90. The highest BCUT2D eigenvalue weighted by Crippen LogP contribution is 2.18. The minimum Gasteiger partial charge on any atom is -0.352 e. The minimum atomic E-state index is -3.57. The second kappa shape index (κ2) is 11.8. The van der Waals surface area contributed by atoms with E-state index in [1.165, 1.54) is 20.2 Å². The van der Waals surface area contributed by atoms with E-state index in [1.807, 2.05) is 18.7 Å². The maximum absolute atomic E-state index is 12.4. The monoisotopic (exact) mass is 411 g/mol. The molecule has 0 atom stereocenters. The van der Waals surface area contributed by atoms with Crippen molar-refractivity contribution in [1.82, 2.24) is 14.5 Å². The summed E-state index contributed by atoms with van der Waals surface area (Å²) in [4.78, 5) is 26.4. The van der Waals surface area contributed by atoms with Crippen molar-refractivity contribution in [3.63, 3.8) is 0 Å². The van der Waals surface area contributed by atoms with Crippen LogP contribution in [0.4, 0.5) is 0 Å². The largest absolute Gasteiger partial charge is 0.352 e. The van der Waals surface area contributed by atoms with Gasteiger partial charge in [-0.3, -0.25) is 9.59 Å². The first-order valence-corrected chi connectivity index (χ1v) is 11.2. The summed E-state index contributed by atoms with van der Waals surface area (Å²) in [7, 11) is -0.624. The fraction of sp³-hybridized carbons (Fsp3) is 0.600. The second-order valence-corrected chi connectivity index (χ2v) is 9.03. The van der Waals surface area contributed by atoms with Crippen LogP contribution in [0.25, 0.3) is 0 Å². The van der Waals surface area contributed by atoms with Gasteiger partial charge in [-0.1, -0.05) is 32.0 Å². The van der Waals surface area contributed by atoms with Crippen LogP contribution >= 0.6 is 0 Å². The van der Waals surface area contributed by atoms with Gasteiger partial charge < -0.3 is 10.2 Å². The van der Waals surface area contributed by atoms with E-state index in [2.05, 4.69) is 5.32 Å². The molecule has 7 nitrogen and oxygen atoms in total. The number of hydrogen-bond acceptors (Lipinski definition) is 4. The molecule has 28 heavy (non-hydrogen) atoms. The van der Waals surface area contributed by atoms with Gasteiger partial charge in [0.25, 0.3) is 0 Å². The normalized spacial score (nSPS) is 11.5. The number of nitrogens with zero attached hydrogens (tertiary/aromatic N) is 2. The average Bonchev–Trinajstić information content (AvgIpc) is 2.66. The molecule has 2 amide bonds. The fourth-order valence-corrected chi connectivity index (χ4v) is 3.96. The standard InChI is InChI=1S/C20H33N3O4S/c1-5-14-23(15-6-2)20(25)13-9-12-19(24)21-16-17-10-7-8-11-18(17)28(26,27)22(3)4/h7-8,10-11H,5-6,9,12-16H2,1-4H3,(H,21,24). The number of hydrogen-bond donors (Lipinski definition) is 1. The molecule has 0 unspecified atom stereocenters. The van der Waals surface area contributed by atoms with Crippen LogP contribution in [0, 0.1) is 0 Å². The van der Waals surface area contributed by atoms with Crippen molar-refractivity contribution in [1.29, 1.82) is 0 Å². The van der Waals surface area contributed by atoms with E-state index < -0.39 is 10.0 Å². The predicted octanol–water partition coefficient (Wildman–Crippen LogP) is 2.37. The van der Waals surface area contributed by atoms with Gasteiger partial charge in [-0.25, -0.2) is 12.7 Å². The van der Waals surface area contributed by atoms with E-state index in [0.717, 1.165) is 30.2 Å². The predicted molar refractivity (Wildman–Crippen MR) is 110 cm³/mol. The Morgan fingerprint density at radius 1 is 1.00 bits per heavy atom. The average molecular weight is 412 g/mol. The molecule has 0 saturated carbocycles. The van der Waals surface area contributed by atoms with Crippen molar-refractivity contribution in [3.05, 3.63) is 29.8 Å². The molecule has 0 heterocycles. The molecule has 0 aliphatic rings. The Morgan fingerprint density at radius 2 is 1.61 bits per heavy atom. The highest BCUT2D eigenvalue weighted by atomic mass is 32.2. The first kappa shape index (κ1) is 24.1. The molecular weight excluding hydrogens is 378 g/mol. The van der Waals surface area contributed by atoms with Gasteiger partial charge in [0.2, 0.25) is 21.8 Å². The number of nitrogens with one attached hydrogen (secondary N) is 1. The summed E-state index contributed by atoms with van der Waals surface area (Å²) in [5.74, 6) is -0.110. The SMILES string of the molecule is CCCN(CCC)C(=O)CCCC(=O)NCc1ccccc1S(=O)(=O)N(C)C. The summed E-state index contributed by atoms with van der Waals surface area (Å²) in [6, 6.07) is 6.62. The van der Waals surface area contributed by atoms with Gasteiger partial charge in [0.15, 0.2) is 0 Å². The van der Waals surface area contributed by atoms with Gasteiger partial charge in [-0.05, 0) is 30.9 Å². The molecule has 158 valence electrons. The van der Waals surface area contributed by atoms with E-state index in [-0.39, 0.29) is 29.7 Å². The Labute approximate surface area is 169 Å². The maximum Gasteiger partial charge on any atom is 0.242 e. The quantitative estimate of drug-likeness (QED) is 0.572. The molecule has 1 N–H and O–H groups in total. The molecule has 1 aromatic rings. The van der Waals surface area contributed by atoms with Crippen LogP contribution in [0.1, 0.15) is 51.5 Å². The van der Waals surface area contributed by atoms with E-state index in [0.29, 0.717) is 18.4 Å². The molecule has 0 fully saturated rings. The first-order valence-electron chi connectivity index (χ1n) is 9.78. The lowest BCUT2D eigenvalue weighted by atomic mass is 10.2. The topological polar surface area (TPSA) is 86.8 Å². The molecular formula is C20H33N3O4S. The molecule has 0 radical (unpaired) electrons. The van der Waals surface area contributed by atoms with Crippen molar-refractivity contribution in [3.8, 4) is 0 Å². The summed E-state index contributed by atoms with van der Waals surface area (Å²) in [5, 5.41) is 2.76. The Hall–Kier alpha value is -1.93. The van der Waals surface area contributed by atoms with Crippen LogP contribution in [-0.2, 0) is 26.2 Å². The number of carbonyl (C=O) groups is 2. The van der Waals surface area contributed by atoms with E-state index >= 15 is 0 Å². The van der Waals surface area contributed by atoms with Crippen LogP contribution in [-0.4, -0.2) is 56.6 Å². The van der Waals surface area contributed by atoms with E-state index in [1.54, 1.807) is 18.2 Å². The lowest BCUT2D eigenvalue weighted by molar-refractivity contribution is -0.131. The summed E-state index contributed by atoms with van der Waals surface area (Å²) in [6.45, 7) is 5.70. The number of benzene rings is 1. The molecule has 0 aliphatic carbocycles. The molecule has 0 aromatic heterocycles. The lowest BCUT2D eigenvalue weighted by Crippen LogP contribution is -2.32. The van der Waals surface area contributed by atoms with Gasteiger partial charge in [0.1, 0.15) is 0 Å². The Morgan fingerprint density at radius 3 is 2.18 bits per heavy atom. The highest BCUT2D eigenvalue weighted by molar-refractivity contribution is 7.89. The van der Waals surface area contributed by atoms with Gasteiger partial charge in [-0.15, -0.1) is 0 Å². The summed E-state index contributed by atoms with van der Waals surface area (Å²) in [5.41, 5.74) is 0.540. The number of carbonyl (C=O) groups excluding carboxylic acids is 2. The fourth-order valence-electron chi connectivity index (χ4n) is 2.84. The lowest BCUT2D eigenvalue weighted by Gasteiger charge is -2.21. The third-order valence-electron chi connectivity index (χ3n) is 4.34. The highest BCUT2D eigenvalue weighted by Gasteiger charge is 2.20. The number of amides is 2. The van der Waals surface area contributed by atoms with Crippen LogP contribution in [0.2, 0.25) is 0 Å². The Balaban J connectivity index is 2.55. The zero-order chi connectivity index (χ0) is 21.2. The summed E-state index contributed by atoms with van der Waals surface area (Å²) < 4.78 is 25.9. The maximum atomic E-state index is 12.4. The van der Waals surface area contributed by atoms with Crippen LogP contribution in [0.15, 0.2) is 29.2 Å². The van der Waals surface area contributed by atoms with Gasteiger partial charge in [0.05, 0.1) is 4.90 Å². The third-order valence-corrected chi connectivity index (χ3v) is 6.26. The van der Waals surface area contributed by atoms with Crippen molar-refractivity contribution < 1.29 is 18.0 Å². The van der Waals surface area contributed by atoms with Crippen molar-refractivity contribution in [2.24, 2.45) is 0 Å². The Bertz CT molecular complexity index is 742. The van der Waals surface area contributed by atoms with Crippen molar-refractivity contribution >= 4 is 21.8 Å². The molecule has 0 bridgehead atoms. The van der Waals surface area contributed by atoms with Gasteiger partial charge >= 0.3 is 0 Å². The Kier molecular flexibility index (Phi) is 10.2. The molecule has 1 rings (SSSR count). The van der Waals surface area contributed by atoms with Crippen LogP contribution in [0.3, 0.4) is 0 Å². The minimum absolute atomic E-state index is 0.0823. The molecule has 1 aromatic carbocycles. The van der Waals surface area contributed by atoms with Gasteiger partial charge in [-0.2, -0.15) is 0 Å². The van der Waals surface area contributed by atoms with Crippen molar-refractivity contribution in [2.45, 2.75) is 57.4 Å². The smallest absolute Gasteiger partial charge is 0.242 e. The number of rotatable bonds is 12. The zero-order valence-electron chi connectivity index (χ0n) is 17.4. The van der Waals surface area contributed by atoms with E-state index in [9.17, 15) is 18.0 Å². The second-order valence-electron chi connectivity index (χ2n) is 6.91. The zero-order valence-corrected chi connectivity index (χ0v) is 18.2. The van der Waals surface area contributed by atoms with Crippen LogP contribution < -0.4 is 5.32 Å². The van der Waals surface area contributed by atoms with Crippen LogP contribution in [0.5, 0.6) is 0 Å². The molecule has 0 saturated heterocycles. The molecule has 0 spiro atoms. The summed E-state index contributed by atoms with van der Waals surface area (Å²) >= 11 is 0. The van der Waals surface area contributed by atoms with E-state index in [4.69, 9.17) is 0 Å².